The molecule has 0 radical (unpaired) electrons. The van der Waals surface area contributed by atoms with Crippen LogP contribution in [0.25, 0.3) is 0 Å². The second-order valence-corrected chi connectivity index (χ2v) is 6.74. The maximum absolute atomic E-state index is 5.95. The third-order valence-corrected chi connectivity index (χ3v) is 4.02. The minimum absolute atomic E-state index is 0.477. The van der Waals surface area contributed by atoms with Gasteiger partial charge in [0.15, 0.2) is 0 Å². The smallest absolute Gasteiger partial charge is 0.0634 e. The molecule has 2 heterocycles. The van der Waals surface area contributed by atoms with E-state index in [2.05, 4.69) is 27.7 Å². The zero-order valence-corrected chi connectivity index (χ0v) is 10.1. The summed E-state index contributed by atoms with van der Waals surface area (Å²) in [5.74, 6) is 0. The van der Waals surface area contributed by atoms with Gasteiger partial charge in [-0.05, 0) is 42.9 Å². The second-order valence-electron chi connectivity index (χ2n) is 6.74. The van der Waals surface area contributed by atoms with Gasteiger partial charge < -0.3 is 4.74 Å². The highest BCUT2D eigenvalue weighted by Gasteiger charge is 2.48. The lowest BCUT2D eigenvalue weighted by Gasteiger charge is -2.33. The van der Waals surface area contributed by atoms with Gasteiger partial charge in [-0.15, -0.1) is 0 Å². The molecule has 3 unspecified atom stereocenters. The lowest BCUT2D eigenvalue weighted by Crippen LogP contribution is -2.30. The predicted molar refractivity (Wildman–Crippen MR) is 59.3 cm³/mol. The molecule has 0 saturated carbocycles. The van der Waals surface area contributed by atoms with Crippen LogP contribution in [-0.2, 0) is 4.74 Å². The Morgan fingerprint density at radius 2 is 2.00 bits per heavy atom. The molecule has 2 aliphatic rings. The summed E-state index contributed by atoms with van der Waals surface area (Å²) in [6.07, 6.45) is 7.79. The first-order chi connectivity index (χ1) is 6.39. The number of hydrogen-bond donors (Lipinski definition) is 0. The second kappa shape index (κ2) is 3.23. The Morgan fingerprint density at radius 1 is 1.29 bits per heavy atom. The maximum Gasteiger partial charge on any atom is 0.0634 e. The van der Waals surface area contributed by atoms with Crippen LogP contribution >= 0.6 is 0 Å². The Morgan fingerprint density at radius 3 is 2.43 bits per heavy atom. The summed E-state index contributed by atoms with van der Waals surface area (Å²) in [5.41, 5.74) is 0.973. The van der Waals surface area contributed by atoms with Gasteiger partial charge in [0.05, 0.1) is 12.2 Å². The first-order valence-electron chi connectivity index (χ1n) is 6.05. The van der Waals surface area contributed by atoms with Crippen LogP contribution in [0.3, 0.4) is 0 Å². The molecule has 0 aromatic carbocycles. The zero-order valence-electron chi connectivity index (χ0n) is 10.1. The first-order valence-corrected chi connectivity index (χ1v) is 6.05. The summed E-state index contributed by atoms with van der Waals surface area (Å²) in [7, 11) is 0. The van der Waals surface area contributed by atoms with Crippen molar-refractivity contribution in [3.8, 4) is 0 Å². The Bertz CT molecular complexity index is 216. The van der Waals surface area contributed by atoms with E-state index in [0.29, 0.717) is 23.0 Å². The Labute approximate surface area is 88.2 Å². The number of fused-ring (bicyclic) bond motifs is 2. The third kappa shape index (κ3) is 1.98. The van der Waals surface area contributed by atoms with Crippen molar-refractivity contribution in [2.24, 2.45) is 10.8 Å². The van der Waals surface area contributed by atoms with E-state index in [1.54, 1.807) is 0 Å². The lowest BCUT2D eigenvalue weighted by atomic mass is 9.70. The topological polar surface area (TPSA) is 9.23 Å². The number of rotatable bonds is 2. The van der Waals surface area contributed by atoms with E-state index < -0.39 is 0 Å². The van der Waals surface area contributed by atoms with Crippen LogP contribution in [0.1, 0.15) is 59.8 Å². The fraction of sp³-hybridized carbons (Fsp3) is 1.00. The molecule has 1 nitrogen and oxygen atoms in total. The van der Waals surface area contributed by atoms with Gasteiger partial charge in [0, 0.05) is 0 Å². The van der Waals surface area contributed by atoms with E-state index in [9.17, 15) is 0 Å². The Hall–Kier alpha value is -0.0400. The van der Waals surface area contributed by atoms with Crippen molar-refractivity contribution < 1.29 is 4.74 Å². The van der Waals surface area contributed by atoms with Crippen LogP contribution in [0.5, 0.6) is 0 Å². The van der Waals surface area contributed by atoms with E-state index >= 15 is 0 Å². The third-order valence-electron chi connectivity index (χ3n) is 4.02. The van der Waals surface area contributed by atoms with Crippen molar-refractivity contribution in [3.05, 3.63) is 0 Å². The average Bonchev–Trinajstić information content (AvgIpc) is 2.59. The van der Waals surface area contributed by atoms with Crippen LogP contribution in [0.2, 0.25) is 0 Å². The largest absolute Gasteiger partial charge is 0.374 e. The molecule has 0 spiro atoms. The molecular formula is C13H24O. The molecular weight excluding hydrogens is 172 g/mol. The SMILES string of the molecule is CC(C)(C)CCC1(C)CC2CCC1O2. The first kappa shape index (κ1) is 10.5. The summed E-state index contributed by atoms with van der Waals surface area (Å²) in [5, 5.41) is 0. The fourth-order valence-corrected chi connectivity index (χ4v) is 2.94. The molecule has 2 saturated heterocycles. The van der Waals surface area contributed by atoms with Crippen molar-refractivity contribution in [1.82, 2.24) is 0 Å². The van der Waals surface area contributed by atoms with Crippen molar-refractivity contribution in [2.75, 3.05) is 0 Å². The monoisotopic (exact) mass is 196 g/mol. The van der Waals surface area contributed by atoms with Crippen molar-refractivity contribution in [1.29, 1.82) is 0 Å². The highest BCUT2D eigenvalue weighted by Crippen LogP contribution is 2.51. The number of ether oxygens (including phenoxy) is 1. The summed E-state index contributed by atoms with van der Waals surface area (Å²) >= 11 is 0. The Kier molecular flexibility index (Phi) is 2.42. The van der Waals surface area contributed by atoms with E-state index in [0.717, 1.165) is 0 Å². The zero-order chi connectivity index (χ0) is 10.4. The van der Waals surface area contributed by atoms with Crippen molar-refractivity contribution in [3.63, 3.8) is 0 Å². The van der Waals surface area contributed by atoms with Crippen LogP contribution in [-0.4, -0.2) is 12.2 Å². The van der Waals surface area contributed by atoms with E-state index in [1.807, 2.05) is 0 Å². The predicted octanol–water partition coefficient (Wildman–Crippen LogP) is 3.77. The summed E-state index contributed by atoms with van der Waals surface area (Å²) in [4.78, 5) is 0. The van der Waals surface area contributed by atoms with Crippen LogP contribution in [0, 0.1) is 10.8 Å². The summed E-state index contributed by atoms with van der Waals surface area (Å²) in [6.45, 7) is 9.45. The molecule has 2 fully saturated rings. The van der Waals surface area contributed by atoms with Gasteiger partial charge in [-0.25, -0.2) is 0 Å². The molecule has 2 rings (SSSR count). The maximum atomic E-state index is 5.95. The van der Waals surface area contributed by atoms with Gasteiger partial charge in [0.2, 0.25) is 0 Å². The molecule has 0 aromatic rings. The Balaban J connectivity index is 1.91. The molecule has 14 heavy (non-hydrogen) atoms. The minimum atomic E-state index is 0.477. The highest BCUT2D eigenvalue weighted by atomic mass is 16.5. The van der Waals surface area contributed by atoms with E-state index in [4.69, 9.17) is 4.74 Å². The van der Waals surface area contributed by atoms with Crippen molar-refractivity contribution >= 4 is 0 Å². The molecule has 82 valence electrons. The average molecular weight is 196 g/mol. The van der Waals surface area contributed by atoms with E-state index in [1.165, 1.54) is 32.1 Å². The van der Waals surface area contributed by atoms with Gasteiger partial charge in [-0.1, -0.05) is 27.7 Å². The fourth-order valence-electron chi connectivity index (χ4n) is 2.94. The lowest BCUT2D eigenvalue weighted by molar-refractivity contribution is 0.0592. The highest BCUT2D eigenvalue weighted by molar-refractivity contribution is 4.98. The molecule has 2 aliphatic heterocycles. The van der Waals surface area contributed by atoms with Crippen LogP contribution < -0.4 is 0 Å². The quantitative estimate of drug-likeness (QED) is 0.653. The summed E-state index contributed by atoms with van der Waals surface area (Å²) < 4.78 is 5.95. The van der Waals surface area contributed by atoms with Gasteiger partial charge in [-0.3, -0.25) is 0 Å². The molecule has 0 aliphatic carbocycles. The van der Waals surface area contributed by atoms with Gasteiger partial charge in [0.25, 0.3) is 0 Å². The minimum Gasteiger partial charge on any atom is -0.374 e. The molecule has 0 amide bonds. The number of hydrogen-bond acceptors (Lipinski definition) is 1. The van der Waals surface area contributed by atoms with Gasteiger partial charge >= 0.3 is 0 Å². The normalized spacial score (nSPS) is 42.0. The summed E-state index contributed by atoms with van der Waals surface area (Å²) in [6, 6.07) is 0. The van der Waals surface area contributed by atoms with E-state index in [-0.39, 0.29) is 0 Å². The molecule has 0 N–H and O–H groups in total. The standard InChI is InChI=1S/C13H24O/c1-12(2,3)7-8-13(4)9-10-5-6-11(13)14-10/h10-11H,5-9H2,1-4H3. The molecule has 0 aromatic heterocycles. The molecule has 2 bridgehead atoms. The van der Waals surface area contributed by atoms with Crippen molar-refractivity contribution in [2.45, 2.75) is 72.0 Å². The van der Waals surface area contributed by atoms with Gasteiger partial charge in [0.1, 0.15) is 0 Å². The van der Waals surface area contributed by atoms with Crippen LogP contribution in [0.15, 0.2) is 0 Å². The molecule has 3 atom stereocenters. The van der Waals surface area contributed by atoms with Gasteiger partial charge in [-0.2, -0.15) is 0 Å². The molecule has 1 heteroatoms. The van der Waals surface area contributed by atoms with Crippen LogP contribution in [0.4, 0.5) is 0 Å².